The maximum Gasteiger partial charge on any atom is 0.307 e. The van der Waals surface area contributed by atoms with Gasteiger partial charge in [0.1, 0.15) is 0 Å². The molecule has 1 amide bonds. The number of carboxylic acid groups (broad SMARTS) is 1. The number of amides is 1. The van der Waals surface area contributed by atoms with Gasteiger partial charge < -0.3 is 10.4 Å². The van der Waals surface area contributed by atoms with E-state index in [1.807, 2.05) is 0 Å². The molecule has 4 nitrogen and oxygen atoms in total. The molecule has 108 valence electrons. The number of carbonyl (C=O) groups excluding carboxylic acids is 1. The van der Waals surface area contributed by atoms with Crippen molar-refractivity contribution in [3.05, 3.63) is 0 Å². The van der Waals surface area contributed by atoms with Gasteiger partial charge in [0.05, 0.1) is 11.8 Å². The molecule has 2 N–H and O–H groups in total. The van der Waals surface area contributed by atoms with Gasteiger partial charge in [0.2, 0.25) is 5.91 Å². The van der Waals surface area contributed by atoms with Crippen molar-refractivity contribution in [2.75, 3.05) is 6.54 Å². The van der Waals surface area contributed by atoms with E-state index in [0.29, 0.717) is 25.3 Å². The van der Waals surface area contributed by atoms with Crippen LogP contribution in [0.3, 0.4) is 0 Å². The average Bonchev–Trinajstić information content (AvgIpc) is 2.72. The zero-order valence-electron chi connectivity index (χ0n) is 12.3. The third kappa shape index (κ3) is 2.26. The smallest absolute Gasteiger partial charge is 0.307 e. The normalized spacial score (nSPS) is 32.0. The lowest BCUT2D eigenvalue weighted by molar-refractivity contribution is -0.146. The second kappa shape index (κ2) is 4.50. The minimum Gasteiger partial charge on any atom is -0.481 e. The summed E-state index contributed by atoms with van der Waals surface area (Å²) < 4.78 is 0. The second-order valence-corrected chi connectivity index (χ2v) is 7.22. The van der Waals surface area contributed by atoms with Gasteiger partial charge >= 0.3 is 5.97 Å². The monoisotopic (exact) mass is 267 g/mol. The number of aliphatic carboxylic acids is 1. The first-order valence-corrected chi connectivity index (χ1v) is 7.20. The van der Waals surface area contributed by atoms with Gasteiger partial charge in [-0.2, -0.15) is 0 Å². The van der Waals surface area contributed by atoms with Crippen LogP contribution >= 0.6 is 0 Å². The first-order chi connectivity index (χ1) is 8.69. The van der Waals surface area contributed by atoms with Crippen LogP contribution in [0.25, 0.3) is 0 Å². The van der Waals surface area contributed by atoms with Crippen molar-refractivity contribution < 1.29 is 14.7 Å². The van der Waals surface area contributed by atoms with Crippen LogP contribution in [0.15, 0.2) is 0 Å². The van der Waals surface area contributed by atoms with Crippen molar-refractivity contribution in [1.82, 2.24) is 5.32 Å². The predicted octanol–water partition coefficient (Wildman–Crippen LogP) is 2.29. The van der Waals surface area contributed by atoms with E-state index in [4.69, 9.17) is 5.11 Å². The van der Waals surface area contributed by atoms with Crippen LogP contribution < -0.4 is 5.32 Å². The Morgan fingerprint density at radius 2 is 1.63 bits per heavy atom. The van der Waals surface area contributed by atoms with Gasteiger partial charge in [-0.3, -0.25) is 9.59 Å². The molecule has 0 saturated heterocycles. The lowest BCUT2D eigenvalue weighted by Gasteiger charge is -2.16. The Morgan fingerprint density at radius 1 is 1.11 bits per heavy atom. The number of hydrogen-bond donors (Lipinski definition) is 2. The molecule has 19 heavy (non-hydrogen) atoms. The molecule has 0 bridgehead atoms. The molecule has 2 aliphatic carbocycles. The van der Waals surface area contributed by atoms with Crippen LogP contribution in [0.5, 0.6) is 0 Å². The van der Waals surface area contributed by atoms with E-state index < -0.39 is 11.9 Å². The summed E-state index contributed by atoms with van der Waals surface area (Å²) in [7, 11) is 0. The van der Waals surface area contributed by atoms with Crippen molar-refractivity contribution in [1.29, 1.82) is 0 Å². The molecule has 0 unspecified atom stereocenters. The standard InChI is InChI=1S/C15H25NO3/c1-14(2)11(15(14,3)4)8-16-12(17)9-6-5-7-10(9)13(18)19/h9-11H,5-8H2,1-4H3,(H,16,17)(H,18,19)/t9-,10+/m1/s1. The third-order valence-corrected chi connectivity index (χ3v) is 5.97. The van der Waals surface area contributed by atoms with Gasteiger partial charge in [-0.25, -0.2) is 0 Å². The van der Waals surface area contributed by atoms with Crippen LogP contribution in [0.2, 0.25) is 0 Å². The highest BCUT2D eigenvalue weighted by atomic mass is 16.4. The number of carbonyl (C=O) groups is 2. The summed E-state index contributed by atoms with van der Waals surface area (Å²) in [5.41, 5.74) is 0.504. The number of nitrogens with one attached hydrogen (secondary N) is 1. The summed E-state index contributed by atoms with van der Waals surface area (Å²) in [4.78, 5) is 23.2. The topological polar surface area (TPSA) is 66.4 Å². The summed E-state index contributed by atoms with van der Waals surface area (Å²) in [6.07, 6.45) is 2.18. The minimum absolute atomic E-state index is 0.0663. The minimum atomic E-state index is -0.829. The summed E-state index contributed by atoms with van der Waals surface area (Å²) >= 11 is 0. The number of rotatable bonds is 4. The highest BCUT2D eigenvalue weighted by Crippen LogP contribution is 2.67. The quantitative estimate of drug-likeness (QED) is 0.821. The van der Waals surface area contributed by atoms with Crippen molar-refractivity contribution >= 4 is 11.9 Å². The maximum atomic E-state index is 12.1. The Hall–Kier alpha value is -1.06. The zero-order chi connectivity index (χ0) is 14.4. The molecule has 0 aromatic heterocycles. The van der Waals surface area contributed by atoms with Gasteiger partial charge in [0.25, 0.3) is 0 Å². The maximum absolute atomic E-state index is 12.1. The third-order valence-electron chi connectivity index (χ3n) is 5.97. The van der Waals surface area contributed by atoms with Crippen LogP contribution in [-0.4, -0.2) is 23.5 Å². The first-order valence-electron chi connectivity index (χ1n) is 7.20. The Balaban J connectivity index is 1.88. The lowest BCUT2D eigenvalue weighted by Crippen LogP contribution is -2.36. The molecule has 2 rings (SSSR count). The first kappa shape index (κ1) is 14.4. The van der Waals surface area contributed by atoms with E-state index in [-0.39, 0.29) is 22.7 Å². The average molecular weight is 267 g/mol. The molecular weight excluding hydrogens is 242 g/mol. The fraction of sp³-hybridized carbons (Fsp3) is 0.867. The molecule has 2 saturated carbocycles. The molecule has 0 radical (unpaired) electrons. The van der Waals surface area contributed by atoms with Gasteiger partial charge in [-0.1, -0.05) is 34.1 Å². The largest absolute Gasteiger partial charge is 0.481 e. The summed E-state index contributed by atoms with van der Waals surface area (Å²) in [6.45, 7) is 9.56. The van der Waals surface area contributed by atoms with Gasteiger partial charge in [-0.15, -0.1) is 0 Å². The second-order valence-electron chi connectivity index (χ2n) is 7.22. The van der Waals surface area contributed by atoms with Crippen LogP contribution in [-0.2, 0) is 9.59 Å². The molecule has 0 spiro atoms. The highest BCUT2D eigenvalue weighted by molar-refractivity contribution is 5.85. The summed E-state index contributed by atoms with van der Waals surface area (Å²) in [5, 5.41) is 12.1. The number of carboxylic acids is 1. The fourth-order valence-corrected chi connectivity index (χ4v) is 3.75. The molecule has 0 aliphatic heterocycles. The van der Waals surface area contributed by atoms with Gasteiger partial charge in [0, 0.05) is 6.54 Å². The van der Waals surface area contributed by atoms with E-state index >= 15 is 0 Å². The van der Waals surface area contributed by atoms with Crippen molar-refractivity contribution in [2.45, 2.75) is 47.0 Å². The molecular formula is C15H25NO3. The van der Waals surface area contributed by atoms with Crippen molar-refractivity contribution in [3.8, 4) is 0 Å². The molecule has 2 atom stereocenters. The van der Waals surface area contributed by atoms with E-state index in [0.717, 1.165) is 6.42 Å². The van der Waals surface area contributed by atoms with Crippen molar-refractivity contribution in [3.63, 3.8) is 0 Å². The Bertz CT molecular complexity index is 386. The highest BCUT2D eigenvalue weighted by Gasteiger charge is 2.64. The van der Waals surface area contributed by atoms with E-state index in [1.165, 1.54) is 0 Å². The number of hydrogen-bond acceptors (Lipinski definition) is 2. The van der Waals surface area contributed by atoms with Crippen LogP contribution in [0, 0.1) is 28.6 Å². The van der Waals surface area contributed by atoms with Gasteiger partial charge in [0.15, 0.2) is 0 Å². The Morgan fingerprint density at radius 3 is 2.11 bits per heavy atom. The molecule has 2 fully saturated rings. The van der Waals surface area contributed by atoms with E-state index in [1.54, 1.807) is 0 Å². The Labute approximate surface area is 115 Å². The summed E-state index contributed by atoms with van der Waals surface area (Å²) in [6, 6.07) is 0. The predicted molar refractivity (Wildman–Crippen MR) is 72.5 cm³/mol. The van der Waals surface area contributed by atoms with E-state index in [2.05, 4.69) is 33.0 Å². The molecule has 0 aromatic carbocycles. The van der Waals surface area contributed by atoms with E-state index in [9.17, 15) is 9.59 Å². The fourth-order valence-electron chi connectivity index (χ4n) is 3.75. The molecule has 2 aliphatic rings. The van der Waals surface area contributed by atoms with Gasteiger partial charge in [-0.05, 0) is 29.6 Å². The zero-order valence-corrected chi connectivity index (χ0v) is 12.3. The molecule has 4 heteroatoms. The lowest BCUT2D eigenvalue weighted by atomic mass is 9.95. The Kier molecular flexibility index (Phi) is 3.40. The van der Waals surface area contributed by atoms with Crippen LogP contribution in [0.1, 0.15) is 47.0 Å². The summed E-state index contributed by atoms with van der Waals surface area (Å²) in [5.74, 6) is -1.23. The SMILES string of the molecule is CC1(C)C(CNC(=O)[C@@H]2CCC[C@@H]2C(=O)O)C1(C)C. The van der Waals surface area contributed by atoms with Crippen LogP contribution in [0.4, 0.5) is 0 Å². The molecule has 0 heterocycles. The van der Waals surface area contributed by atoms with Crippen molar-refractivity contribution in [2.24, 2.45) is 28.6 Å². The molecule has 0 aromatic rings.